The topological polar surface area (TPSA) is 51.2 Å². The van der Waals surface area contributed by atoms with E-state index in [1.54, 1.807) is 0 Å². The molecule has 0 unspecified atom stereocenters. The van der Waals surface area contributed by atoms with Gasteiger partial charge in [-0.2, -0.15) is 0 Å². The summed E-state index contributed by atoms with van der Waals surface area (Å²) in [7, 11) is 0. The number of hydrogen-bond acceptors (Lipinski definition) is 3. The molecule has 24 heavy (non-hydrogen) atoms. The minimum Gasteiger partial charge on any atom is -0.446 e. The lowest BCUT2D eigenvalue weighted by atomic mass is 9.86. The second-order valence-corrected chi connectivity index (χ2v) is 7.80. The summed E-state index contributed by atoms with van der Waals surface area (Å²) in [5.74, 6) is 0.476. The molecule has 0 atom stereocenters. The van der Waals surface area contributed by atoms with E-state index in [0.717, 1.165) is 28.2 Å². The zero-order chi connectivity index (χ0) is 17.9. The van der Waals surface area contributed by atoms with Gasteiger partial charge in [0.15, 0.2) is 0 Å². The molecule has 0 aliphatic rings. The molecule has 2 aromatic rings. The maximum absolute atomic E-state index is 12.1. The zero-order valence-electron chi connectivity index (χ0n) is 14.9. The van der Waals surface area contributed by atoms with Crippen LogP contribution in [0.1, 0.15) is 53.0 Å². The number of nitrogens with zero attached hydrogens (tertiary/aromatic N) is 1. The van der Waals surface area contributed by atoms with Crippen LogP contribution in [0.15, 0.2) is 28.7 Å². The number of fused-ring (bicyclic) bond motifs is 1. The normalized spacial score (nSPS) is 11.8. The van der Waals surface area contributed by atoms with Crippen LogP contribution < -0.4 is 5.32 Å². The minimum atomic E-state index is -0.469. The largest absolute Gasteiger partial charge is 0.446 e. The third-order valence-corrected chi connectivity index (χ3v) is 4.65. The molecule has 0 saturated carbocycles. The number of hydrogen-bond donors (Lipinski definition) is 1. The summed E-state index contributed by atoms with van der Waals surface area (Å²) >= 11 is 3.47. The first-order valence-electron chi connectivity index (χ1n) is 8.33. The third-order valence-electron chi connectivity index (χ3n) is 4.04. The highest BCUT2D eigenvalue weighted by Crippen LogP contribution is 2.29. The molecule has 1 heterocycles. The van der Waals surface area contributed by atoms with Crippen molar-refractivity contribution in [3.8, 4) is 0 Å². The van der Waals surface area contributed by atoms with Crippen molar-refractivity contribution in [3.05, 3.63) is 34.3 Å². The van der Waals surface area contributed by atoms with Gasteiger partial charge in [0.25, 0.3) is 0 Å². The molecule has 0 spiro atoms. The highest BCUT2D eigenvalue weighted by molar-refractivity contribution is 9.10. The highest BCUT2D eigenvalue weighted by atomic mass is 79.9. The van der Waals surface area contributed by atoms with E-state index >= 15 is 0 Å². The van der Waals surface area contributed by atoms with Crippen LogP contribution in [0.2, 0.25) is 0 Å². The lowest BCUT2D eigenvalue weighted by Crippen LogP contribution is -2.22. The van der Waals surface area contributed by atoms with Crippen molar-refractivity contribution in [1.29, 1.82) is 0 Å². The number of benzene rings is 1. The van der Waals surface area contributed by atoms with Crippen molar-refractivity contribution in [3.63, 3.8) is 0 Å². The number of nitrogens with one attached hydrogen (secondary N) is 1. The smallest absolute Gasteiger partial charge is 0.413 e. The molecule has 4 nitrogen and oxygen atoms in total. The number of carbonyl (C=O) groups excluding carboxylic acids is 1. The summed E-state index contributed by atoms with van der Waals surface area (Å²) in [6.45, 7) is 10.5. The van der Waals surface area contributed by atoms with Gasteiger partial charge >= 0.3 is 6.09 Å². The number of anilines is 1. The second-order valence-electron chi connectivity index (χ2n) is 6.95. The van der Waals surface area contributed by atoms with Gasteiger partial charge in [-0.05, 0) is 51.9 Å². The summed E-state index contributed by atoms with van der Waals surface area (Å²) in [5, 5.41) is 3.76. The van der Waals surface area contributed by atoms with E-state index in [0.29, 0.717) is 5.82 Å². The molecule has 0 bridgehead atoms. The molecule has 0 aliphatic heterocycles. The molecule has 130 valence electrons. The average Bonchev–Trinajstić information content (AvgIpc) is 2.52. The van der Waals surface area contributed by atoms with Crippen molar-refractivity contribution in [2.45, 2.75) is 59.0 Å². The van der Waals surface area contributed by atoms with Gasteiger partial charge in [0.05, 0.1) is 9.99 Å². The van der Waals surface area contributed by atoms with Crippen LogP contribution in [0.3, 0.4) is 0 Å². The predicted octanol–water partition coefficient (Wildman–Crippen LogP) is 6.03. The third kappa shape index (κ3) is 4.47. The number of halogens is 1. The van der Waals surface area contributed by atoms with Crippen LogP contribution in [0.25, 0.3) is 10.9 Å². The van der Waals surface area contributed by atoms with E-state index in [1.165, 1.54) is 5.56 Å². The number of carbonyl (C=O) groups is 1. The van der Waals surface area contributed by atoms with Gasteiger partial charge in [-0.15, -0.1) is 0 Å². The Hall–Kier alpha value is -1.62. The van der Waals surface area contributed by atoms with Crippen molar-refractivity contribution >= 4 is 38.7 Å². The molecule has 5 heteroatoms. The minimum absolute atomic E-state index is 0.0466. The fourth-order valence-corrected chi connectivity index (χ4v) is 2.86. The Morgan fingerprint density at radius 1 is 1.25 bits per heavy atom. The van der Waals surface area contributed by atoms with Crippen LogP contribution >= 0.6 is 15.9 Å². The first kappa shape index (κ1) is 18.7. The highest BCUT2D eigenvalue weighted by Gasteiger charge is 2.16. The maximum Gasteiger partial charge on any atom is 0.413 e. The Labute approximate surface area is 152 Å². The van der Waals surface area contributed by atoms with E-state index in [-0.39, 0.29) is 11.5 Å². The quantitative estimate of drug-likeness (QED) is 0.690. The van der Waals surface area contributed by atoms with Gasteiger partial charge in [-0.25, -0.2) is 9.78 Å². The Morgan fingerprint density at radius 3 is 2.50 bits per heavy atom. The van der Waals surface area contributed by atoms with Crippen LogP contribution in [-0.4, -0.2) is 17.2 Å². The number of ether oxygens (including phenoxy) is 1. The number of pyridine rings is 1. The number of rotatable bonds is 4. The van der Waals surface area contributed by atoms with Gasteiger partial charge in [0.2, 0.25) is 0 Å². The molecule has 2 rings (SSSR count). The molecular weight excluding hydrogens is 368 g/mol. The number of amides is 1. The molecule has 1 aromatic carbocycles. The van der Waals surface area contributed by atoms with Gasteiger partial charge in [0, 0.05) is 5.39 Å². The van der Waals surface area contributed by atoms with Crippen molar-refractivity contribution in [1.82, 2.24) is 4.98 Å². The Bertz CT molecular complexity index is 734. The van der Waals surface area contributed by atoms with E-state index in [1.807, 2.05) is 19.9 Å². The van der Waals surface area contributed by atoms with Crippen LogP contribution in [0, 0.1) is 0 Å². The molecule has 0 radical (unpaired) electrons. The van der Waals surface area contributed by atoms with Gasteiger partial charge in [0.1, 0.15) is 11.9 Å². The summed E-state index contributed by atoms with van der Waals surface area (Å²) in [6.07, 6.45) is 1.05. The molecule has 1 amide bonds. The van der Waals surface area contributed by atoms with Crippen molar-refractivity contribution in [2.75, 3.05) is 5.32 Å². The molecule has 0 saturated heterocycles. The van der Waals surface area contributed by atoms with E-state index < -0.39 is 6.09 Å². The predicted molar refractivity (Wildman–Crippen MR) is 103 cm³/mol. The first-order chi connectivity index (χ1) is 11.2. The van der Waals surface area contributed by atoms with E-state index in [2.05, 4.69) is 65.2 Å². The number of aromatic nitrogens is 1. The second kappa shape index (κ2) is 7.51. The SMILES string of the molecule is CCC(CC)OC(=O)Nc1nc2cc(C(C)(C)C)ccc2cc1Br. The molecular formula is C19H25BrN2O2. The Kier molecular flexibility index (Phi) is 5.86. The molecule has 1 aromatic heterocycles. The zero-order valence-corrected chi connectivity index (χ0v) is 16.5. The van der Waals surface area contributed by atoms with Gasteiger partial charge < -0.3 is 4.74 Å². The molecule has 1 N–H and O–H groups in total. The maximum atomic E-state index is 12.1. The fourth-order valence-electron chi connectivity index (χ4n) is 2.43. The summed E-state index contributed by atoms with van der Waals surface area (Å²) in [4.78, 5) is 16.7. The Balaban J connectivity index is 2.30. The monoisotopic (exact) mass is 392 g/mol. The van der Waals surface area contributed by atoms with Crippen molar-refractivity contribution < 1.29 is 9.53 Å². The summed E-state index contributed by atoms with van der Waals surface area (Å²) in [6, 6.07) is 8.20. The summed E-state index contributed by atoms with van der Waals surface area (Å²) in [5.41, 5.74) is 2.10. The lowest BCUT2D eigenvalue weighted by Gasteiger charge is -2.19. The van der Waals surface area contributed by atoms with Gasteiger partial charge in [-0.1, -0.05) is 46.8 Å². The molecule has 0 fully saturated rings. The van der Waals surface area contributed by atoms with Crippen LogP contribution in [0.5, 0.6) is 0 Å². The van der Waals surface area contributed by atoms with E-state index in [4.69, 9.17) is 4.74 Å². The molecule has 0 aliphatic carbocycles. The summed E-state index contributed by atoms with van der Waals surface area (Å²) < 4.78 is 6.12. The standard InChI is InChI=1S/C19H25BrN2O2/c1-6-14(7-2)24-18(23)22-17-15(20)10-12-8-9-13(19(3,4)5)11-16(12)21-17/h8-11,14H,6-7H2,1-5H3,(H,21,22,23). The lowest BCUT2D eigenvalue weighted by molar-refractivity contribution is 0.106. The fraction of sp³-hybridized carbons (Fsp3) is 0.474. The first-order valence-corrected chi connectivity index (χ1v) is 9.12. The Morgan fingerprint density at radius 2 is 1.92 bits per heavy atom. The van der Waals surface area contributed by atoms with Crippen LogP contribution in [-0.2, 0) is 10.2 Å². The van der Waals surface area contributed by atoms with E-state index in [9.17, 15) is 4.79 Å². The van der Waals surface area contributed by atoms with Gasteiger partial charge in [-0.3, -0.25) is 5.32 Å². The average molecular weight is 393 g/mol. The van der Waals surface area contributed by atoms with Crippen molar-refractivity contribution in [2.24, 2.45) is 0 Å². The van der Waals surface area contributed by atoms with Crippen LogP contribution in [0.4, 0.5) is 10.6 Å².